The predicted molar refractivity (Wildman–Crippen MR) is 364 cm³/mol. The lowest BCUT2D eigenvalue weighted by Crippen LogP contribution is -2.18. The van der Waals surface area contributed by atoms with Crippen LogP contribution in [-0.4, -0.2) is 0 Å². The van der Waals surface area contributed by atoms with Crippen LogP contribution in [-0.2, 0) is 5.41 Å². The van der Waals surface area contributed by atoms with Gasteiger partial charge in [-0.25, -0.2) is 0 Å². The fourth-order valence-electron chi connectivity index (χ4n) is 9.37. The lowest BCUT2D eigenvalue weighted by Gasteiger charge is -2.26. The Bertz CT molecular complexity index is 3350. The molecule has 424 valence electrons. The summed E-state index contributed by atoms with van der Waals surface area (Å²) in [5, 5.41) is 0. The van der Waals surface area contributed by atoms with Gasteiger partial charge in [0.25, 0.3) is 0 Å². The second kappa shape index (κ2) is 30.3. The zero-order chi connectivity index (χ0) is 60.4. The minimum absolute atomic E-state index is 0.0708. The maximum atomic E-state index is 2.30. The third-order valence-electron chi connectivity index (χ3n) is 16.4. The van der Waals surface area contributed by atoms with Crippen LogP contribution < -0.4 is 0 Å². The highest BCUT2D eigenvalue weighted by atomic mass is 14.3. The molecular weight excluding hydrogens is 985 g/mol. The van der Waals surface area contributed by atoms with Crippen molar-refractivity contribution in [2.45, 2.75) is 151 Å². The fraction of sp³-hybridized carbons (Fsp3) is 0.268. The summed E-state index contributed by atoms with van der Waals surface area (Å²) < 4.78 is 0. The molecule has 0 heterocycles. The van der Waals surface area contributed by atoms with Crippen molar-refractivity contribution in [3.8, 4) is 33.4 Å². The Morgan fingerprint density at radius 3 is 0.634 bits per heavy atom. The van der Waals surface area contributed by atoms with Crippen molar-refractivity contribution in [3.05, 3.63) is 317 Å². The predicted octanol–water partition coefficient (Wildman–Crippen LogP) is 23.3. The molecular formula is C82H96. The Morgan fingerprint density at radius 1 is 0.171 bits per heavy atom. The van der Waals surface area contributed by atoms with Crippen LogP contribution in [0.15, 0.2) is 200 Å². The van der Waals surface area contributed by atoms with Crippen LogP contribution in [0.4, 0.5) is 0 Å². The van der Waals surface area contributed by atoms with E-state index < -0.39 is 0 Å². The molecule has 0 aliphatic heterocycles. The Kier molecular flexibility index (Phi) is 24.0. The molecule has 10 aromatic rings. The van der Waals surface area contributed by atoms with Crippen molar-refractivity contribution in [3.63, 3.8) is 0 Å². The Morgan fingerprint density at radius 2 is 0.378 bits per heavy atom. The molecule has 0 saturated carbocycles. The van der Waals surface area contributed by atoms with Gasteiger partial charge in [0, 0.05) is 5.41 Å². The average Bonchev–Trinajstić information content (AvgIpc) is 3.62. The summed E-state index contributed by atoms with van der Waals surface area (Å²) in [5.41, 5.74) is 36.4. The summed E-state index contributed by atoms with van der Waals surface area (Å²) in [7, 11) is 0. The first-order valence-corrected chi connectivity index (χ1v) is 29.4. The van der Waals surface area contributed by atoms with Gasteiger partial charge in [0.1, 0.15) is 0 Å². The van der Waals surface area contributed by atoms with Crippen LogP contribution in [0.25, 0.3) is 33.4 Å². The smallest absolute Gasteiger partial charge is 0.0146 e. The van der Waals surface area contributed by atoms with E-state index in [-0.39, 0.29) is 5.41 Å². The van der Waals surface area contributed by atoms with E-state index in [0.717, 1.165) is 0 Å². The summed E-state index contributed by atoms with van der Waals surface area (Å²) in [6, 6.07) is 72.4. The van der Waals surface area contributed by atoms with Crippen molar-refractivity contribution in [1.82, 2.24) is 0 Å². The average molecular weight is 1080 g/mol. The van der Waals surface area contributed by atoms with Crippen molar-refractivity contribution in [1.29, 1.82) is 0 Å². The third kappa shape index (κ3) is 19.4. The number of hydrogen-bond donors (Lipinski definition) is 0. The van der Waals surface area contributed by atoms with Gasteiger partial charge in [-0.3, -0.25) is 0 Å². The van der Waals surface area contributed by atoms with Gasteiger partial charge in [-0.2, -0.15) is 0 Å². The van der Waals surface area contributed by atoms with Gasteiger partial charge < -0.3 is 0 Å². The fourth-order valence-corrected chi connectivity index (χ4v) is 9.37. The second-order valence-electron chi connectivity index (χ2n) is 23.9. The molecule has 10 rings (SSSR count). The zero-order valence-electron chi connectivity index (χ0n) is 54.1. The molecule has 0 saturated heterocycles. The molecule has 0 heteroatoms. The highest BCUT2D eigenvalue weighted by Gasteiger charge is 2.22. The zero-order valence-corrected chi connectivity index (χ0v) is 54.1. The van der Waals surface area contributed by atoms with E-state index in [1.165, 1.54) is 150 Å². The van der Waals surface area contributed by atoms with Crippen LogP contribution >= 0.6 is 0 Å². The standard InChI is InChI=1S/C18H22.C17H20.C16H18.C14H14.C9H12.C8H10/c1-11-7-17(8-12(2)15(11)5)18-9-13(3)16(6)14(4)10-18;1-13-5-9-15(10-6-13)17(3,4)16-11-7-14(2)8-12-16;1-11-5-7-15(9-13(11)3)16-8-6-12(2)14(4)10-16;1-11-3-7-13(8-4-11)14-9-5-12(2)6-10-14;1-7-4-5-8(2)9(3)6-7;1-7-3-5-8(2)6-4-7/h7-10H,1-6H3;5-12H,1-4H3;5-10H,1-4H3;3-10H,1-2H3;4-6H,1-3H3;3-6H,1-2H3. The Labute approximate surface area is 498 Å². The van der Waals surface area contributed by atoms with Gasteiger partial charge in [0.05, 0.1) is 0 Å². The van der Waals surface area contributed by atoms with E-state index in [0.29, 0.717) is 0 Å². The van der Waals surface area contributed by atoms with E-state index in [9.17, 15) is 0 Å². The highest BCUT2D eigenvalue weighted by molar-refractivity contribution is 5.69. The minimum Gasteiger partial charge on any atom is -0.0591 e. The van der Waals surface area contributed by atoms with Gasteiger partial charge in [0.2, 0.25) is 0 Å². The lowest BCUT2D eigenvalue weighted by molar-refractivity contribution is 0.640. The first-order valence-electron chi connectivity index (χ1n) is 29.4. The Balaban J connectivity index is 0.000000184. The molecule has 0 spiro atoms. The summed E-state index contributed by atoms with van der Waals surface area (Å²) >= 11 is 0. The van der Waals surface area contributed by atoms with E-state index in [1.54, 1.807) is 0 Å². The van der Waals surface area contributed by atoms with Crippen LogP contribution in [0.1, 0.15) is 131 Å². The van der Waals surface area contributed by atoms with Gasteiger partial charge in [0.15, 0.2) is 0 Å². The molecule has 0 bridgehead atoms. The normalized spacial score (nSPS) is 10.5. The Hall–Kier alpha value is -7.80. The maximum Gasteiger partial charge on any atom is 0.0146 e. The first kappa shape index (κ1) is 65.0. The monoisotopic (exact) mass is 1080 g/mol. The highest BCUT2D eigenvalue weighted by Crippen LogP contribution is 2.32. The summed E-state index contributed by atoms with van der Waals surface area (Å²) in [6.45, 7) is 45.4. The van der Waals surface area contributed by atoms with Crippen LogP contribution in [0, 0.1) is 132 Å². The molecule has 0 amide bonds. The molecule has 10 aromatic carbocycles. The quantitative estimate of drug-likeness (QED) is 0.161. The van der Waals surface area contributed by atoms with Gasteiger partial charge in [-0.1, -0.05) is 253 Å². The van der Waals surface area contributed by atoms with Crippen LogP contribution in [0.2, 0.25) is 0 Å². The molecule has 82 heavy (non-hydrogen) atoms. The molecule has 0 N–H and O–H groups in total. The van der Waals surface area contributed by atoms with Crippen molar-refractivity contribution >= 4 is 0 Å². The molecule has 0 nitrogen and oxygen atoms in total. The molecule has 0 aliphatic rings. The van der Waals surface area contributed by atoms with Gasteiger partial charge in [-0.05, 0) is 243 Å². The summed E-state index contributed by atoms with van der Waals surface area (Å²) in [6.07, 6.45) is 0. The molecule has 0 aliphatic carbocycles. The second-order valence-corrected chi connectivity index (χ2v) is 23.9. The topological polar surface area (TPSA) is 0 Å². The minimum atomic E-state index is 0.0708. The van der Waals surface area contributed by atoms with Gasteiger partial charge >= 0.3 is 0 Å². The molecule has 0 atom stereocenters. The molecule has 0 aromatic heterocycles. The van der Waals surface area contributed by atoms with Crippen LogP contribution in [0.3, 0.4) is 0 Å². The molecule has 0 fully saturated rings. The molecule has 0 unspecified atom stereocenters. The SMILES string of the molecule is Cc1cc(-c2cc(C)c(C)c(C)c2)cc(C)c1C.Cc1ccc(-c2ccc(C)c(C)c2)cc1C.Cc1ccc(-c2ccc(C)cc2)cc1.Cc1ccc(C(C)(C)c2ccc(C)cc2)cc1.Cc1ccc(C)c(C)c1.Cc1ccc(C)cc1. The largest absolute Gasteiger partial charge is 0.0591 e. The van der Waals surface area contributed by atoms with E-state index in [4.69, 9.17) is 0 Å². The third-order valence-corrected chi connectivity index (χ3v) is 16.4. The number of hydrogen-bond acceptors (Lipinski definition) is 0. The lowest BCUT2D eigenvalue weighted by atomic mass is 9.78. The van der Waals surface area contributed by atoms with Crippen molar-refractivity contribution in [2.24, 2.45) is 0 Å². The number of benzene rings is 10. The summed E-state index contributed by atoms with van der Waals surface area (Å²) in [5.74, 6) is 0. The number of aryl methyl sites for hydroxylation is 17. The first-order chi connectivity index (χ1) is 38.7. The van der Waals surface area contributed by atoms with Gasteiger partial charge in [-0.15, -0.1) is 0 Å². The van der Waals surface area contributed by atoms with Crippen molar-refractivity contribution in [2.75, 3.05) is 0 Å². The van der Waals surface area contributed by atoms with Crippen LogP contribution in [0.5, 0.6) is 0 Å². The van der Waals surface area contributed by atoms with E-state index in [2.05, 4.69) is 346 Å². The van der Waals surface area contributed by atoms with E-state index in [1.807, 2.05) is 0 Å². The van der Waals surface area contributed by atoms with Crippen molar-refractivity contribution < 1.29 is 0 Å². The number of rotatable bonds is 5. The summed E-state index contributed by atoms with van der Waals surface area (Å²) in [4.78, 5) is 0. The maximum absolute atomic E-state index is 2.30. The van der Waals surface area contributed by atoms with E-state index >= 15 is 0 Å². The molecule has 0 radical (unpaired) electrons.